The summed E-state index contributed by atoms with van der Waals surface area (Å²) < 4.78 is 5.56. The van der Waals surface area contributed by atoms with Gasteiger partial charge >= 0.3 is 0 Å². The van der Waals surface area contributed by atoms with Gasteiger partial charge in [-0.25, -0.2) is 0 Å². The zero-order chi connectivity index (χ0) is 12.9. The first kappa shape index (κ1) is 11.8. The van der Waals surface area contributed by atoms with Crippen LogP contribution >= 0.6 is 0 Å². The summed E-state index contributed by atoms with van der Waals surface area (Å²) in [6.07, 6.45) is 10.3. The van der Waals surface area contributed by atoms with Gasteiger partial charge in [0, 0.05) is 0 Å². The first-order valence-corrected chi connectivity index (χ1v) is 7.88. The molecule has 0 aromatic heterocycles. The van der Waals surface area contributed by atoms with Crippen molar-refractivity contribution in [3.8, 4) is 5.75 Å². The molecule has 1 nitrogen and oxygen atoms in total. The monoisotopic (exact) mass is 256 g/mol. The quantitative estimate of drug-likeness (QED) is 0.776. The molecule has 4 aliphatic rings. The highest BCUT2D eigenvalue weighted by Crippen LogP contribution is 2.61. The molecular weight excluding hydrogens is 232 g/mol. The van der Waals surface area contributed by atoms with E-state index in [2.05, 4.69) is 24.3 Å². The highest BCUT2D eigenvalue weighted by Gasteiger charge is 2.50. The van der Waals surface area contributed by atoms with Crippen LogP contribution in [0, 0.1) is 23.2 Å². The molecule has 1 aromatic rings. The maximum absolute atomic E-state index is 5.56. The number of methoxy groups -OCH3 is 1. The van der Waals surface area contributed by atoms with Crippen LogP contribution in [0.15, 0.2) is 24.3 Å². The number of rotatable bonds is 3. The Kier molecular flexibility index (Phi) is 2.65. The third-order valence-electron chi connectivity index (χ3n) is 5.92. The minimum Gasteiger partial charge on any atom is -0.496 e. The first-order valence-electron chi connectivity index (χ1n) is 7.88. The van der Waals surface area contributed by atoms with Crippen molar-refractivity contribution in [3.05, 3.63) is 29.8 Å². The molecule has 0 spiro atoms. The Morgan fingerprint density at radius 3 is 2.16 bits per heavy atom. The van der Waals surface area contributed by atoms with E-state index in [1.54, 1.807) is 7.11 Å². The van der Waals surface area contributed by atoms with Gasteiger partial charge in [-0.15, -0.1) is 0 Å². The summed E-state index contributed by atoms with van der Waals surface area (Å²) in [7, 11) is 1.80. The van der Waals surface area contributed by atoms with E-state index in [4.69, 9.17) is 4.74 Å². The van der Waals surface area contributed by atoms with E-state index in [1.165, 1.54) is 50.5 Å². The van der Waals surface area contributed by atoms with Crippen LogP contribution in [0.1, 0.15) is 44.1 Å². The fraction of sp³-hybridized carbons (Fsp3) is 0.667. The summed E-state index contributed by atoms with van der Waals surface area (Å²) in [6, 6.07) is 8.65. The molecular formula is C18H24O. The first-order chi connectivity index (χ1) is 9.26. The molecule has 0 N–H and O–H groups in total. The molecule has 0 amide bonds. The Balaban J connectivity index is 1.62. The molecule has 4 fully saturated rings. The van der Waals surface area contributed by atoms with Crippen LogP contribution < -0.4 is 4.74 Å². The number of benzene rings is 1. The Bertz CT molecular complexity index is 441. The van der Waals surface area contributed by atoms with Gasteiger partial charge < -0.3 is 4.74 Å². The lowest BCUT2D eigenvalue weighted by molar-refractivity contribution is -0.0523. The van der Waals surface area contributed by atoms with Crippen molar-refractivity contribution >= 4 is 0 Å². The summed E-state index contributed by atoms with van der Waals surface area (Å²) in [5, 5.41) is 0. The fourth-order valence-corrected chi connectivity index (χ4v) is 5.76. The van der Waals surface area contributed by atoms with E-state index < -0.39 is 0 Å². The van der Waals surface area contributed by atoms with Crippen molar-refractivity contribution in [1.29, 1.82) is 0 Å². The van der Waals surface area contributed by atoms with E-state index in [-0.39, 0.29) is 0 Å². The van der Waals surface area contributed by atoms with Gasteiger partial charge in [-0.2, -0.15) is 0 Å². The summed E-state index contributed by atoms with van der Waals surface area (Å²) >= 11 is 0. The Labute approximate surface area is 116 Å². The molecule has 0 heterocycles. The molecule has 19 heavy (non-hydrogen) atoms. The topological polar surface area (TPSA) is 9.23 Å². The van der Waals surface area contributed by atoms with Crippen LogP contribution in [0.4, 0.5) is 0 Å². The molecule has 0 unspecified atom stereocenters. The van der Waals surface area contributed by atoms with Crippen molar-refractivity contribution < 1.29 is 4.74 Å². The van der Waals surface area contributed by atoms with E-state index >= 15 is 0 Å². The average Bonchev–Trinajstić information content (AvgIpc) is 2.37. The van der Waals surface area contributed by atoms with Crippen molar-refractivity contribution in [2.75, 3.05) is 7.11 Å². The summed E-state index contributed by atoms with van der Waals surface area (Å²) in [5.41, 5.74) is 2.05. The number of para-hydroxylation sites is 1. The second-order valence-corrected chi connectivity index (χ2v) is 7.41. The maximum Gasteiger partial charge on any atom is 0.122 e. The van der Waals surface area contributed by atoms with E-state index in [0.717, 1.165) is 23.5 Å². The molecule has 0 aliphatic heterocycles. The Morgan fingerprint density at radius 2 is 1.58 bits per heavy atom. The molecule has 0 saturated heterocycles. The van der Waals surface area contributed by atoms with E-state index in [0.29, 0.717) is 5.41 Å². The fourth-order valence-electron chi connectivity index (χ4n) is 5.76. The largest absolute Gasteiger partial charge is 0.496 e. The standard InChI is InChI=1S/C18H24O/c1-19-17-5-3-2-4-16(17)12-18-9-13-6-14(10-18)8-15(7-13)11-18/h2-5,13-15H,6-12H2,1H3. The van der Waals surface area contributed by atoms with Gasteiger partial charge in [-0.1, -0.05) is 18.2 Å². The second-order valence-electron chi connectivity index (χ2n) is 7.41. The van der Waals surface area contributed by atoms with Gasteiger partial charge in [0.05, 0.1) is 7.11 Å². The minimum absolute atomic E-state index is 0.614. The molecule has 102 valence electrons. The third-order valence-corrected chi connectivity index (χ3v) is 5.92. The normalized spacial score (nSPS) is 39.5. The number of hydrogen-bond acceptors (Lipinski definition) is 1. The summed E-state index contributed by atoms with van der Waals surface area (Å²) in [4.78, 5) is 0. The minimum atomic E-state index is 0.614. The van der Waals surface area contributed by atoms with Crippen LogP contribution in [-0.4, -0.2) is 7.11 Å². The predicted octanol–water partition coefficient (Wildman–Crippen LogP) is 4.45. The molecule has 4 bridgehead atoms. The lowest BCUT2D eigenvalue weighted by Crippen LogP contribution is -2.47. The summed E-state index contributed by atoms with van der Waals surface area (Å²) in [5.74, 6) is 4.22. The summed E-state index contributed by atoms with van der Waals surface area (Å²) in [6.45, 7) is 0. The van der Waals surface area contributed by atoms with Gasteiger partial charge in [0.25, 0.3) is 0 Å². The molecule has 0 atom stereocenters. The van der Waals surface area contributed by atoms with Gasteiger partial charge in [-0.3, -0.25) is 0 Å². The third kappa shape index (κ3) is 1.98. The van der Waals surface area contributed by atoms with Crippen LogP contribution in [0.5, 0.6) is 5.75 Å². The van der Waals surface area contributed by atoms with Crippen molar-refractivity contribution in [2.24, 2.45) is 23.2 Å². The molecule has 1 aromatic carbocycles. The van der Waals surface area contributed by atoms with Crippen LogP contribution in [0.25, 0.3) is 0 Å². The molecule has 5 rings (SSSR count). The van der Waals surface area contributed by atoms with E-state index in [9.17, 15) is 0 Å². The van der Waals surface area contributed by atoms with Gasteiger partial charge in [0.15, 0.2) is 0 Å². The Morgan fingerprint density at radius 1 is 1.00 bits per heavy atom. The van der Waals surface area contributed by atoms with Crippen LogP contribution in [-0.2, 0) is 6.42 Å². The van der Waals surface area contributed by atoms with Crippen molar-refractivity contribution in [1.82, 2.24) is 0 Å². The van der Waals surface area contributed by atoms with Crippen molar-refractivity contribution in [3.63, 3.8) is 0 Å². The smallest absolute Gasteiger partial charge is 0.122 e. The van der Waals surface area contributed by atoms with E-state index in [1.807, 2.05) is 0 Å². The van der Waals surface area contributed by atoms with Crippen LogP contribution in [0.3, 0.4) is 0 Å². The lowest BCUT2D eigenvalue weighted by Gasteiger charge is -2.57. The van der Waals surface area contributed by atoms with Gasteiger partial charge in [-0.05, 0) is 79.7 Å². The molecule has 0 radical (unpaired) electrons. The van der Waals surface area contributed by atoms with Gasteiger partial charge in [0.2, 0.25) is 0 Å². The highest BCUT2D eigenvalue weighted by molar-refractivity contribution is 5.34. The second kappa shape index (κ2) is 4.26. The zero-order valence-corrected chi connectivity index (χ0v) is 11.9. The maximum atomic E-state index is 5.56. The molecule has 4 saturated carbocycles. The molecule has 4 aliphatic carbocycles. The number of hydrogen-bond donors (Lipinski definition) is 0. The van der Waals surface area contributed by atoms with Crippen LogP contribution in [0.2, 0.25) is 0 Å². The van der Waals surface area contributed by atoms with Crippen molar-refractivity contribution in [2.45, 2.75) is 44.9 Å². The highest BCUT2D eigenvalue weighted by atomic mass is 16.5. The Hall–Kier alpha value is -0.980. The average molecular weight is 256 g/mol. The molecule has 1 heteroatoms. The predicted molar refractivity (Wildman–Crippen MR) is 77.3 cm³/mol. The van der Waals surface area contributed by atoms with Gasteiger partial charge in [0.1, 0.15) is 5.75 Å². The SMILES string of the molecule is COc1ccccc1CC12CC3CC(CC(C3)C1)C2. The lowest BCUT2D eigenvalue weighted by atomic mass is 9.48. The number of ether oxygens (including phenoxy) is 1. The zero-order valence-electron chi connectivity index (χ0n) is 11.9.